The summed E-state index contributed by atoms with van der Waals surface area (Å²) in [4.78, 5) is 27.5. The molecule has 1 fully saturated rings. The molecular formula is C17H21N3O5. The first-order valence-electron chi connectivity index (χ1n) is 8.19. The van der Waals surface area contributed by atoms with Crippen molar-refractivity contribution in [1.82, 2.24) is 15.5 Å². The van der Waals surface area contributed by atoms with Gasteiger partial charge in [-0.15, -0.1) is 0 Å². The summed E-state index contributed by atoms with van der Waals surface area (Å²) in [7, 11) is 1.56. The van der Waals surface area contributed by atoms with Gasteiger partial charge < -0.3 is 19.7 Å². The second kappa shape index (κ2) is 7.52. The zero-order valence-electron chi connectivity index (χ0n) is 13.9. The highest BCUT2D eigenvalue weighted by molar-refractivity contribution is 5.76. The number of aryl methyl sites for hydroxylation is 1. The average molecular weight is 347 g/mol. The molecule has 8 nitrogen and oxygen atoms in total. The fourth-order valence-electron chi connectivity index (χ4n) is 3.02. The summed E-state index contributed by atoms with van der Waals surface area (Å²) < 4.78 is 10.2. The number of methoxy groups -OCH3 is 1. The van der Waals surface area contributed by atoms with Gasteiger partial charge in [0.2, 0.25) is 5.91 Å². The molecule has 1 amide bonds. The molecule has 0 saturated heterocycles. The highest BCUT2D eigenvalue weighted by Crippen LogP contribution is 2.38. The number of H-pyrrole nitrogens is 1. The summed E-state index contributed by atoms with van der Waals surface area (Å²) in [5, 5.41) is 14.8. The molecule has 3 rings (SSSR count). The van der Waals surface area contributed by atoms with Crippen LogP contribution in [-0.2, 0) is 11.2 Å². The van der Waals surface area contributed by atoms with E-state index in [1.807, 2.05) is 6.07 Å². The Morgan fingerprint density at radius 1 is 1.48 bits per heavy atom. The van der Waals surface area contributed by atoms with E-state index in [4.69, 9.17) is 9.26 Å². The highest BCUT2D eigenvalue weighted by Gasteiger charge is 2.36. The van der Waals surface area contributed by atoms with Crippen LogP contribution in [0.2, 0.25) is 0 Å². The third kappa shape index (κ3) is 4.27. The molecule has 1 unspecified atom stereocenters. The van der Waals surface area contributed by atoms with E-state index in [2.05, 4.69) is 15.5 Å². The third-order valence-electron chi connectivity index (χ3n) is 4.44. The van der Waals surface area contributed by atoms with E-state index in [1.165, 1.54) is 6.07 Å². The van der Waals surface area contributed by atoms with Gasteiger partial charge in [0.1, 0.15) is 11.5 Å². The highest BCUT2D eigenvalue weighted by atomic mass is 16.5. The molecule has 1 atom stereocenters. The molecule has 1 saturated carbocycles. The number of nitrogens with one attached hydrogen (secondary N) is 2. The number of hydrogen-bond donors (Lipinski definition) is 3. The molecule has 25 heavy (non-hydrogen) atoms. The Morgan fingerprint density at radius 2 is 2.28 bits per heavy atom. The van der Waals surface area contributed by atoms with Crippen molar-refractivity contribution in [2.24, 2.45) is 5.92 Å². The molecule has 0 radical (unpaired) electrons. The van der Waals surface area contributed by atoms with Crippen LogP contribution in [0.3, 0.4) is 0 Å². The standard InChI is InChI=1S/C17H21N3O5/c1-24-14-6-11(8-18-9-14)17(10-4-12(21)5-10)19-15(22)3-2-13-7-16(23)20-25-13/h6-10,12,17,21H,2-5H2,1H3,(H,19,22)(H,20,23). The van der Waals surface area contributed by atoms with Gasteiger partial charge in [0.05, 0.1) is 25.5 Å². The number of pyridine rings is 1. The van der Waals surface area contributed by atoms with Gasteiger partial charge in [-0.3, -0.25) is 14.6 Å². The van der Waals surface area contributed by atoms with Crippen LogP contribution in [0.25, 0.3) is 0 Å². The first kappa shape index (κ1) is 17.2. The number of carbonyl (C=O) groups is 1. The monoisotopic (exact) mass is 347 g/mol. The lowest BCUT2D eigenvalue weighted by Crippen LogP contribution is -2.41. The number of ether oxygens (including phenoxy) is 1. The van der Waals surface area contributed by atoms with Crippen LogP contribution >= 0.6 is 0 Å². The van der Waals surface area contributed by atoms with Crippen molar-refractivity contribution in [3.63, 3.8) is 0 Å². The van der Waals surface area contributed by atoms with Gasteiger partial charge in [-0.1, -0.05) is 0 Å². The summed E-state index contributed by atoms with van der Waals surface area (Å²) in [6.45, 7) is 0. The molecule has 8 heteroatoms. The SMILES string of the molecule is COc1cncc(C(NC(=O)CCc2cc(=O)[nH]o2)C2CC(O)C2)c1. The maximum atomic E-state index is 12.3. The van der Waals surface area contributed by atoms with Crippen molar-refractivity contribution >= 4 is 5.91 Å². The number of aliphatic hydroxyl groups is 1. The maximum absolute atomic E-state index is 12.3. The second-order valence-electron chi connectivity index (χ2n) is 6.27. The van der Waals surface area contributed by atoms with E-state index in [9.17, 15) is 14.7 Å². The molecule has 2 heterocycles. The van der Waals surface area contributed by atoms with E-state index in [1.54, 1.807) is 19.5 Å². The number of amides is 1. The van der Waals surface area contributed by atoms with Gasteiger partial charge in [0, 0.05) is 25.1 Å². The first-order valence-corrected chi connectivity index (χ1v) is 8.19. The van der Waals surface area contributed by atoms with Gasteiger partial charge in [0.25, 0.3) is 5.56 Å². The molecule has 0 spiro atoms. The molecular weight excluding hydrogens is 326 g/mol. The molecule has 0 bridgehead atoms. The number of rotatable bonds is 7. The van der Waals surface area contributed by atoms with Crippen molar-refractivity contribution in [3.05, 3.63) is 46.2 Å². The fourth-order valence-corrected chi connectivity index (χ4v) is 3.02. The largest absolute Gasteiger partial charge is 0.495 e. The normalized spacial score (nSPS) is 20.6. The number of aromatic amines is 1. The predicted octanol–water partition coefficient (Wildman–Crippen LogP) is 0.932. The Hall–Kier alpha value is -2.61. The number of aliphatic hydroxyl groups excluding tert-OH is 1. The Balaban J connectivity index is 1.66. The van der Waals surface area contributed by atoms with Crippen LogP contribution in [0.15, 0.2) is 33.8 Å². The van der Waals surface area contributed by atoms with Crippen molar-refractivity contribution in [2.45, 2.75) is 37.8 Å². The number of hydrogen-bond acceptors (Lipinski definition) is 6. The lowest BCUT2D eigenvalue weighted by atomic mass is 9.75. The number of carbonyl (C=O) groups excluding carboxylic acids is 1. The Morgan fingerprint density at radius 3 is 2.92 bits per heavy atom. The maximum Gasteiger partial charge on any atom is 0.280 e. The number of aromatic nitrogens is 2. The predicted molar refractivity (Wildman–Crippen MR) is 88.1 cm³/mol. The lowest BCUT2D eigenvalue weighted by Gasteiger charge is -2.38. The Labute approximate surface area is 144 Å². The Kier molecular flexibility index (Phi) is 5.18. The van der Waals surface area contributed by atoms with E-state index < -0.39 is 0 Å². The van der Waals surface area contributed by atoms with Crippen LogP contribution in [0, 0.1) is 5.92 Å². The van der Waals surface area contributed by atoms with Crippen molar-refractivity contribution in [3.8, 4) is 5.75 Å². The van der Waals surface area contributed by atoms with Gasteiger partial charge in [-0.05, 0) is 30.4 Å². The van der Waals surface area contributed by atoms with E-state index in [0.717, 1.165) is 5.56 Å². The average Bonchev–Trinajstić information content (AvgIpc) is 3.01. The van der Waals surface area contributed by atoms with E-state index in [-0.39, 0.29) is 36.0 Å². The van der Waals surface area contributed by atoms with Crippen LogP contribution in [0.1, 0.15) is 36.6 Å². The second-order valence-corrected chi connectivity index (χ2v) is 6.27. The summed E-state index contributed by atoms with van der Waals surface area (Å²) in [5.41, 5.74) is 0.525. The zero-order valence-corrected chi connectivity index (χ0v) is 13.9. The summed E-state index contributed by atoms with van der Waals surface area (Å²) >= 11 is 0. The van der Waals surface area contributed by atoms with Gasteiger partial charge >= 0.3 is 0 Å². The number of nitrogens with zero attached hydrogens (tertiary/aromatic N) is 1. The summed E-state index contributed by atoms with van der Waals surface area (Å²) in [6, 6.07) is 2.93. The molecule has 0 aliphatic heterocycles. The molecule has 3 N–H and O–H groups in total. The topological polar surface area (TPSA) is 117 Å². The summed E-state index contributed by atoms with van der Waals surface area (Å²) in [5.74, 6) is 1.06. The van der Waals surface area contributed by atoms with Crippen LogP contribution in [0.4, 0.5) is 0 Å². The van der Waals surface area contributed by atoms with Gasteiger partial charge in [-0.25, -0.2) is 0 Å². The van der Waals surface area contributed by atoms with Crippen molar-refractivity contribution in [2.75, 3.05) is 7.11 Å². The van der Waals surface area contributed by atoms with Gasteiger partial charge in [-0.2, -0.15) is 5.16 Å². The minimum atomic E-state index is -0.322. The molecule has 134 valence electrons. The van der Waals surface area contributed by atoms with E-state index in [0.29, 0.717) is 30.8 Å². The minimum absolute atomic E-state index is 0.151. The molecule has 1 aliphatic rings. The third-order valence-corrected chi connectivity index (χ3v) is 4.44. The molecule has 2 aromatic heterocycles. The minimum Gasteiger partial charge on any atom is -0.495 e. The van der Waals surface area contributed by atoms with E-state index >= 15 is 0 Å². The quantitative estimate of drug-likeness (QED) is 0.686. The first-order chi connectivity index (χ1) is 12.0. The lowest BCUT2D eigenvalue weighted by molar-refractivity contribution is -0.123. The van der Waals surface area contributed by atoms with Crippen LogP contribution in [-0.4, -0.2) is 34.4 Å². The van der Waals surface area contributed by atoms with Crippen molar-refractivity contribution in [1.29, 1.82) is 0 Å². The Bertz CT molecular complexity index is 778. The smallest absolute Gasteiger partial charge is 0.280 e. The van der Waals surface area contributed by atoms with Crippen molar-refractivity contribution < 1.29 is 19.2 Å². The molecule has 2 aromatic rings. The molecule has 0 aromatic carbocycles. The summed E-state index contributed by atoms with van der Waals surface area (Å²) in [6.07, 6.45) is 4.78. The van der Waals surface area contributed by atoms with Gasteiger partial charge in [0.15, 0.2) is 0 Å². The molecule has 1 aliphatic carbocycles. The van der Waals surface area contributed by atoms with Crippen LogP contribution < -0.4 is 15.6 Å². The zero-order chi connectivity index (χ0) is 17.8. The van der Waals surface area contributed by atoms with Crippen LogP contribution in [0.5, 0.6) is 5.75 Å². The fraction of sp³-hybridized carbons (Fsp3) is 0.471.